The summed E-state index contributed by atoms with van der Waals surface area (Å²) in [6.07, 6.45) is 0.236. The van der Waals surface area contributed by atoms with Gasteiger partial charge in [-0.1, -0.05) is 24.3 Å². The van der Waals surface area contributed by atoms with Gasteiger partial charge < -0.3 is 9.47 Å². The van der Waals surface area contributed by atoms with Gasteiger partial charge in [0.2, 0.25) is 0 Å². The zero-order chi connectivity index (χ0) is 12.0. The van der Waals surface area contributed by atoms with E-state index in [1.54, 1.807) is 12.1 Å². The lowest BCUT2D eigenvalue weighted by molar-refractivity contribution is -0.158. The van der Waals surface area contributed by atoms with Crippen molar-refractivity contribution >= 4 is 11.9 Å². The van der Waals surface area contributed by atoms with Crippen LogP contribution in [0.4, 0.5) is 0 Å². The molecule has 0 amide bonds. The minimum atomic E-state index is -0.923. The van der Waals surface area contributed by atoms with Crippen molar-refractivity contribution in [3.8, 4) is 0 Å². The van der Waals surface area contributed by atoms with Crippen LogP contribution in [0.25, 0.3) is 0 Å². The average Bonchev–Trinajstić information content (AvgIpc) is 2.35. The molecular weight excluding hydrogens is 208 g/mol. The molecule has 0 atom stereocenters. The summed E-state index contributed by atoms with van der Waals surface area (Å²) in [6, 6.07) is 10.1. The van der Waals surface area contributed by atoms with Crippen molar-refractivity contribution in [3.05, 3.63) is 35.9 Å². The fourth-order valence-electron chi connectivity index (χ4n) is 1.32. The molecule has 0 aliphatic rings. The molecule has 16 heavy (non-hydrogen) atoms. The number of methoxy groups -OCH3 is 2. The largest absolute Gasteiger partial charge is 0.468 e. The first-order valence-corrected chi connectivity index (χ1v) is 4.80. The van der Waals surface area contributed by atoms with E-state index < -0.39 is 17.9 Å². The van der Waals surface area contributed by atoms with Gasteiger partial charge in [-0.15, -0.1) is 0 Å². The number of hydrogen-bond donors (Lipinski definition) is 0. The third-order valence-corrected chi connectivity index (χ3v) is 2.17. The third kappa shape index (κ3) is 3.08. The predicted molar refractivity (Wildman–Crippen MR) is 56.5 cm³/mol. The summed E-state index contributed by atoms with van der Waals surface area (Å²) in [7, 11) is 2.49. The molecule has 0 saturated carbocycles. The highest BCUT2D eigenvalue weighted by molar-refractivity contribution is 5.95. The maximum atomic E-state index is 11.4. The van der Waals surface area contributed by atoms with Gasteiger partial charge in [-0.05, 0) is 18.1 Å². The van der Waals surface area contributed by atoms with Crippen molar-refractivity contribution in [2.45, 2.75) is 6.42 Å². The number of hydrogen-bond acceptors (Lipinski definition) is 4. The van der Waals surface area contributed by atoms with Crippen LogP contribution in [0.5, 0.6) is 0 Å². The van der Waals surface area contributed by atoms with Gasteiger partial charge >= 0.3 is 11.9 Å². The topological polar surface area (TPSA) is 52.6 Å². The van der Waals surface area contributed by atoms with Crippen molar-refractivity contribution in [1.82, 2.24) is 0 Å². The Hall–Kier alpha value is -1.84. The molecule has 0 heterocycles. The van der Waals surface area contributed by atoms with Gasteiger partial charge in [0.1, 0.15) is 0 Å². The summed E-state index contributed by atoms with van der Waals surface area (Å²) < 4.78 is 9.11. The van der Waals surface area contributed by atoms with Crippen molar-refractivity contribution in [2.24, 2.45) is 5.92 Å². The number of carbonyl (C=O) groups is 2. The molecule has 1 rings (SSSR count). The molecule has 4 nitrogen and oxygen atoms in total. The Morgan fingerprint density at radius 1 is 1.25 bits per heavy atom. The molecule has 1 aromatic rings. The first-order chi connectivity index (χ1) is 7.69. The smallest absolute Gasteiger partial charge is 0.320 e. The standard InChI is InChI=1S/C12H13O4/c1-15-11(13)10(12(14)16-2)8-9-6-4-3-5-7-9/h3-6,10H,8H2,1-2H3. The molecule has 0 bridgehead atoms. The van der Waals surface area contributed by atoms with E-state index in [1.807, 2.05) is 12.1 Å². The van der Waals surface area contributed by atoms with Gasteiger partial charge in [0.25, 0.3) is 0 Å². The molecule has 4 heteroatoms. The lowest BCUT2D eigenvalue weighted by Gasteiger charge is -2.11. The van der Waals surface area contributed by atoms with E-state index in [0.29, 0.717) is 0 Å². The summed E-state index contributed by atoms with van der Waals surface area (Å²) in [5.74, 6) is -2.11. The van der Waals surface area contributed by atoms with Crippen LogP contribution in [0.3, 0.4) is 0 Å². The Labute approximate surface area is 94.2 Å². The number of benzene rings is 1. The Morgan fingerprint density at radius 2 is 1.88 bits per heavy atom. The predicted octanol–water partition coefficient (Wildman–Crippen LogP) is 0.991. The second kappa shape index (κ2) is 5.90. The molecule has 0 aromatic heterocycles. The number of esters is 2. The highest BCUT2D eigenvalue weighted by Gasteiger charge is 2.28. The van der Waals surface area contributed by atoms with Crippen molar-refractivity contribution in [3.63, 3.8) is 0 Å². The van der Waals surface area contributed by atoms with Crippen LogP contribution >= 0.6 is 0 Å². The lowest BCUT2D eigenvalue weighted by Crippen LogP contribution is -2.28. The summed E-state index contributed by atoms with van der Waals surface area (Å²) >= 11 is 0. The van der Waals surface area contributed by atoms with Crippen molar-refractivity contribution < 1.29 is 19.1 Å². The van der Waals surface area contributed by atoms with E-state index in [4.69, 9.17) is 0 Å². The van der Waals surface area contributed by atoms with E-state index in [0.717, 1.165) is 5.56 Å². The van der Waals surface area contributed by atoms with Crippen LogP contribution in [-0.2, 0) is 25.5 Å². The quantitative estimate of drug-likeness (QED) is 0.562. The molecule has 0 saturated heterocycles. The van der Waals surface area contributed by atoms with Crippen LogP contribution in [-0.4, -0.2) is 26.2 Å². The SMILES string of the molecule is COC(=O)C(Cc1[c]cccc1)C(=O)OC. The molecule has 0 unspecified atom stereocenters. The first-order valence-electron chi connectivity index (χ1n) is 4.80. The second-order valence-corrected chi connectivity index (χ2v) is 3.19. The van der Waals surface area contributed by atoms with Crippen molar-refractivity contribution in [2.75, 3.05) is 14.2 Å². The van der Waals surface area contributed by atoms with Gasteiger partial charge in [-0.25, -0.2) is 0 Å². The van der Waals surface area contributed by atoms with Gasteiger partial charge in [-0.2, -0.15) is 0 Å². The normalized spacial score (nSPS) is 9.94. The Kier molecular flexibility index (Phi) is 4.51. The molecular formula is C12H13O4. The summed E-state index contributed by atoms with van der Waals surface area (Å²) in [5, 5.41) is 0. The first kappa shape index (κ1) is 12.2. The second-order valence-electron chi connectivity index (χ2n) is 3.19. The van der Waals surface area contributed by atoms with E-state index in [2.05, 4.69) is 15.5 Å². The maximum Gasteiger partial charge on any atom is 0.320 e. The van der Waals surface area contributed by atoms with Gasteiger partial charge in [0, 0.05) is 0 Å². The molecule has 1 aromatic carbocycles. The fraction of sp³-hybridized carbons (Fsp3) is 0.333. The van der Waals surface area contributed by atoms with E-state index in [1.165, 1.54) is 14.2 Å². The Balaban J connectivity index is 2.79. The van der Waals surface area contributed by atoms with Gasteiger partial charge in [0.05, 0.1) is 14.2 Å². The lowest BCUT2D eigenvalue weighted by atomic mass is 10.00. The van der Waals surface area contributed by atoms with Crippen LogP contribution in [0.2, 0.25) is 0 Å². The summed E-state index contributed by atoms with van der Waals surface area (Å²) in [6.45, 7) is 0. The molecule has 0 N–H and O–H groups in total. The van der Waals surface area contributed by atoms with E-state index in [-0.39, 0.29) is 6.42 Å². The highest BCUT2D eigenvalue weighted by Crippen LogP contribution is 2.11. The number of ether oxygens (including phenoxy) is 2. The van der Waals surface area contributed by atoms with Crippen LogP contribution in [0.15, 0.2) is 24.3 Å². The number of carbonyl (C=O) groups excluding carboxylic acids is 2. The number of rotatable bonds is 4. The van der Waals surface area contributed by atoms with E-state index >= 15 is 0 Å². The van der Waals surface area contributed by atoms with Gasteiger partial charge in [-0.3, -0.25) is 9.59 Å². The molecule has 0 fully saturated rings. The highest BCUT2D eigenvalue weighted by atomic mass is 16.5. The summed E-state index contributed by atoms with van der Waals surface area (Å²) in [5.41, 5.74) is 0.767. The third-order valence-electron chi connectivity index (χ3n) is 2.17. The molecule has 0 spiro atoms. The van der Waals surface area contributed by atoms with Crippen molar-refractivity contribution in [1.29, 1.82) is 0 Å². The van der Waals surface area contributed by atoms with Crippen LogP contribution in [0.1, 0.15) is 5.56 Å². The monoisotopic (exact) mass is 221 g/mol. The minimum absolute atomic E-state index is 0.236. The summed E-state index contributed by atoms with van der Waals surface area (Å²) in [4.78, 5) is 22.8. The zero-order valence-electron chi connectivity index (χ0n) is 9.23. The Bertz CT molecular complexity index is 343. The van der Waals surface area contributed by atoms with Gasteiger partial charge in [0.15, 0.2) is 5.92 Å². The fourth-order valence-corrected chi connectivity index (χ4v) is 1.32. The average molecular weight is 221 g/mol. The van der Waals surface area contributed by atoms with Crippen LogP contribution in [0, 0.1) is 12.0 Å². The molecule has 85 valence electrons. The van der Waals surface area contributed by atoms with E-state index in [9.17, 15) is 9.59 Å². The minimum Gasteiger partial charge on any atom is -0.468 e. The zero-order valence-corrected chi connectivity index (χ0v) is 9.23. The molecule has 0 aliphatic heterocycles. The molecule has 0 aliphatic carbocycles. The maximum absolute atomic E-state index is 11.4. The van der Waals surface area contributed by atoms with Crippen LogP contribution < -0.4 is 0 Å². The Morgan fingerprint density at radius 3 is 2.31 bits per heavy atom. The molecule has 1 radical (unpaired) electrons.